The van der Waals surface area contributed by atoms with Crippen LogP contribution in [0.5, 0.6) is 0 Å². The summed E-state index contributed by atoms with van der Waals surface area (Å²) in [6, 6.07) is -1.46. The van der Waals surface area contributed by atoms with Gasteiger partial charge in [-0.1, -0.05) is 13.8 Å². The van der Waals surface area contributed by atoms with Crippen molar-refractivity contribution in [3.8, 4) is 0 Å². The van der Waals surface area contributed by atoms with Gasteiger partial charge in [0.1, 0.15) is 18.1 Å². The number of rotatable bonds is 5. The Morgan fingerprint density at radius 1 is 1.32 bits per heavy atom. The Morgan fingerprint density at radius 3 is 2.45 bits per heavy atom. The highest BCUT2D eigenvalue weighted by Gasteiger charge is 2.49. The second kappa shape index (κ2) is 5.94. The summed E-state index contributed by atoms with van der Waals surface area (Å²) >= 11 is 0. The van der Waals surface area contributed by atoms with Gasteiger partial charge in [0.25, 0.3) is 5.91 Å². The molecule has 0 aromatic rings. The zero-order valence-electron chi connectivity index (χ0n) is 12.8. The van der Waals surface area contributed by atoms with Crippen LogP contribution >= 0.6 is 0 Å². The number of nitrogens with zero attached hydrogens (tertiary/aromatic N) is 2. The molecule has 4 amide bonds. The third-order valence-electron chi connectivity index (χ3n) is 4.60. The summed E-state index contributed by atoms with van der Waals surface area (Å²) in [7, 11) is 0. The normalized spacial score (nSPS) is 23.8. The fraction of sp³-hybridized carbons (Fsp3) is 0.714. The molecule has 0 saturated carbocycles. The maximum absolute atomic E-state index is 12.4. The number of imide groups is 1. The minimum Gasteiger partial charge on any atom is -0.480 e. The molecule has 2 saturated heterocycles. The van der Waals surface area contributed by atoms with Gasteiger partial charge < -0.3 is 15.3 Å². The highest BCUT2D eigenvalue weighted by atomic mass is 16.4. The molecule has 8 nitrogen and oxygen atoms in total. The summed E-state index contributed by atoms with van der Waals surface area (Å²) in [4.78, 5) is 50.0. The standard InChI is InChI=1S/C14H21N3O5/c1-3-14(4-2)12(21)17(13(22)15-14)8-10(18)16-7-5-6-9(16)11(19)20/h9H,3-8H2,1-2H3,(H,15,22)(H,19,20)/t9-/m1/s1. The van der Waals surface area contributed by atoms with Gasteiger partial charge in [-0.2, -0.15) is 0 Å². The number of nitrogens with one attached hydrogen (secondary N) is 1. The molecule has 122 valence electrons. The van der Waals surface area contributed by atoms with Gasteiger partial charge >= 0.3 is 12.0 Å². The summed E-state index contributed by atoms with van der Waals surface area (Å²) in [5, 5.41) is 11.7. The van der Waals surface area contributed by atoms with E-state index in [0.29, 0.717) is 32.2 Å². The van der Waals surface area contributed by atoms with Gasteiger partial charge in [0.15, 0.2) is 0 Å². The van der Waals surface area contributed by atoms with Gasteiger partial charge in [-0.25, -0.2) is 9.59 Å². The Hall–Kier alpha value is -2.12. The number of hydrogen-bond donors (Lipinski definition) is 2. The minimum atomic E-state index is -1.06. The first-order valence-corrected chi connectivity index (χ1v) is 7.52. The summed E-state index contributed by atoms with van der Waals surface area (Å²) in [6.45, 7) is 3.53. The molecular weight excluding hydrogens is 290 g/mol. The fourth-order valence-electron chi connectivity index (χ4n) is 3.10. The third-order valence-corrected chi connectivity index (χ3v) is 4.60. The second-order valence-corrected chi connectivity index (χ2v) is 5.69. The summed E-state index contributed by atoms with van der Waals surface area (Å²) in [5.74, 6) is -1.97. The molecule has 0 bridgehead atoms. The zero-order chi connectivity index (χ0) is 16.5. The second-order valence-electron chi connectivity index (χ2n) is 5.69. The molecule has 1 atom stereocenters. The van der Waals surface area contributed by atoms with Crippen LogP contribution in [0.4, 0.5) is 4.79 Å². The van der Waals surface area contributed by atoms with E-state index in [2.05, 4.69) is 5.32 Å². The molecule has 2 aliphatic rings. The van der Waals surface area contributed by atoms with E-state index in [1.54, 1.807) is 13.8 Å². The molecule has 8 heteroatoms. The van der Waals surface area contributed by atoms with Crippen LogP contribution in [0.3, 0.4) is 0 Å². The van der Waals surface area contributed by atoms with Crippen molar-refractivity contribution < 1.29 is 24.3 Å². The largest absolute Gasteiger partial charge is 0.480 e. The molecule has 2 N–H and O–H groups in total. The molecular formula is C14H21N3O5. The Bertz CT molecular complexity index is 515. The minimum absolute atomic E-state index is 0.339. The maximum Gasteiger partial charge on any atom is 0.326 e. The number of carboxylic acid groups (broad SMARTS) is 1. The lowest BCUT2D eigenvalue weighted by Gasteiger charge is -2.25. The molecule has 0 aromatic heterocycles. The number of carbonyl (C=O) groups excluding carboxylic acids is 3. The van der Waals surface area contributed by atoms with Crippen molar-refractivity contribution in [1.82, 2.24) is 15.1 Å². The molecule has 0 aliphatic carbocycles. The molecule has 0 unspecified atom stereocenters. The first-order chi connectivity index (χ1) is 10.4. The number of likely N-dealkylation sites (tertiary alicyclic amines) is 1. The number of aliphatic carboxylic acids is 1. The van der Waals surface area contributed by atoms with Crippen molar-refractivity contribution in [2.24, 2.45) is 0 Å². The number of amides is 4. The SMILES string of the molecule is CCC1(CC)NC(=O)N(CC(=O)N2CCC[C@@H]2C(=O)O)C1=O. The summed E-state index contributed by atoms with van der Waals surface area (Å²) in [5.41, 5.74) is -0.950. The van der Waals surface area contributed by atoms with Crippen molar-refractivity contribution in [2.45, 2.75) is 51.1 Å². The average Bonchev–Trinajstić information content (AvgIpc) is 3.06. The van der Waals surface area contributed by atoms with Crippen LogP contribution in [0.25, 0.3) is 0 Å². The van der Waals surface area contributed by atoms with E-state index in [9.17, 15) is 19.2 Å². The number of carboxylic acids is 1. The molecule has 2 heterocycles. The first-order valence-electron chi connectivity index (χ1n) is 7.52. The zero-order valence-corrected chi connectivity index (χ0v) is 12.8. The van der Waals surface area contributed by atoms with Gasteiger partial charge in [0.05, 0.1) is 0 Å². The average molecular weight is 311 g/mol. The van der Waals surface area contributed by atoms with Crippen molar-refractivity contribution in [2.75, 3.05) is 13.1 Å². The van der Waals surface area contributed by atoms with Crippen LogP contribution < -0.4 is 5.32 Å². The van der Waals surface area contributed by atoms with Crippen molar-refractivity contribution in [3.05, 3.63) is 0 Å². The van der Waals surface area contributed by atoms with Gasteiger partial charge in [-0.3, -0.25) is 14.5 Å². The molecule has 2 aliphatic heterocycles. The highest BCUT2D eigenvalue weighted by molar-refractivity contribution is 6.09. The number of urea groups is 1. The van der Waals surface area contributed by atoms with E-state index in [0.717, 1.165) is 4.90 Å². The van der Waals surface area contributed by atoms with E-state index in [1.807, 2.05) is 0 Å². The predicted molar refractivity (Wildman–Crippen MR) is 75.9 cm³/mol. The van der Waals surface area contributed by atoms with Crippen LogP contribution in [-0.4, -0.2) is 63.4 Å². The van der Waals surface area contributed by atoms with Crippen molar-refractivity contribution >= 4 is 23.8 Å². The Morgan fingerprint density at radius 2 is 1.95 bits per heavy atom. The van der Waals surface area contributed by atoms with Crippen molar-refractivity contribution in [1.29, 1.82) is 0 Å². The Kier molecular flexibility index (Phi) is 4.39. The van der Waals surface area contributed by atoms with E-state index < -0.39 is 41.9 Å². The van der Waals surface area contributed by atoms with E-state index in [1.165, 1.54) is 4.90 Å². The summed E-state index contributed by atoms with van der Waals surface area (Å²) < 4.78 is 0. The molecule has 2 rings (SSSR count). The van der Waals surface area contributed by atoms with Gasteiger partial charge in [0, 0.05) is 6.54 Å². The fourth-order valence-corrected chi connectivity index (χ4v) is 3.10. The van der Waals surface area contributed by atoms with Gasteiger partial charge in [-0.05, 0) is 25.7 Å². The smallest absolute Gasteiger partial charge is 0.326 e. The monoisotopic (exact) mass is 311 g/mol. The predicted octanol–water partition coefficient (Wildman–Crippen LogP) is 0.173. The van der Waals surface area contributed by atoms with E-state index in [-0.39, 0.29) is 0 Å². The molecule has 0 aromatic carbocycles. The first kappa shape index (κ1) is 16.3. The lowest BCUT2D eigenvalue weighted by atomic mass is 9.93. The van der Waals surface area contributed by atoms with Crippen LogP contribution in [0.15, 0.2) is 0 Å². The molecule has 2 fully saturated rings. The lowest BCUT2D eigenvalue weighted by molar-refractivity contribution is -0.149. The van der Waals surface area contributed by atoms with Crippen LogP contribution in [0.2, 0.25) is 0 Å². The number of carbonyl (C=O) groups is 4. The van der Waals surface area contributed by atoms with E-state index in [4.69, 9.17) is 5.11 Å². The van der Waals surface area contributed by atoms with Crippen molar-refractivity contribution in [3.63, 3.8) is 0 Å². The maximum atomic E-state index is 12.4. The summed E-state index contributed by atoms with van der Waals surface area (Å²) in [6.07, 6.45) is 1.90. The Balaban J connectivity index is 2.10. The third kappa shape index (κ3) is 2.53. The number of hydrogen-bond acceptors (Lipinski definition) is 4. The lowest BCUT2D eigenvalue weighted by Crippen LogP contribution is -2.48. The highest BCUT2D eigenvalue weighted by Crippen LogP contribution is 2.25. The van der Waals surface area contributed by atoms with Gasteiger partial charge in [-0.15, -0.1) is 0 Å². The van der Waals surface area contributed by atoms with E-state index >= 15 is 0 Å². The van der Waals surface area contributed by atoms with Gasteiger partial charge in [0.2, 0.25) is 5.91 Å². The molecule has 22 heavy (non-hydrogen) atoms. The van der Waals surface area contributed by atoms with Crippen LogP contribution in [-0.2, 0) is 14.4 Å². The molecule has 0 spiro atoms. The molecule has 0 radical (unpaired) electrons. The Labute approximate surface area is 128 Å². The van der Waals surface area contributed by atoms with Crippen LogP contribution in [0.1, 0.15) is 39.5 Å². The van der Waals surface area contributed by atoms with Crippen LogP contribution in [0, 0.1) is 0 Å². The topological polar surface area (TPSA) is 107 Å². The quantitative estimate of drug-likeness (QED) is 0.704.